The van der Waals surface area contributed by atoms with Crippen LogP contribution in [0.25, 0.3) is 10.2 Å². The smallest absolute Gasteiger partial charge is 0.375 e. The van der Waals surface area contributed by atoms with Crippen molar-refractivity contribution >= 4 is 73.4 Å². The van der Waals surface area contributed by atoms with E-state index in [1.807, 2.05) is 24.3 Å². The number of para-hydroxylation sites is 1. The minimum Gasteiger partial charge on any atom is -0.458 e. The predicted molar refractivity (Wildman–Crippen MR) is 133 cm³/mol. The molecule has 0 aliphatic rings. The number of nitrogen functional groups attached to an aromatic ring is 1. The molecule has 2 N–H and O–H groups in total. The Morgan fingerprint density at radius 1 is 1.14 bits per heavy atom. The van der Waals surface area contributed by atoms with Gasteiger partial charge in [-0.2, -0.15) is 0 Å². The summed E-state index contributed by atoms with van der Waals surface area (Å²) in [6.07, 6.45) is 0. The third-order valence-corrected chi connectivity index (χ3v) is 6.73. The van der Waals surface area contributed by atoms with Gasteiger partial charge in [0.25, 0.3) is 5.69 Å². The van der Waals surface area contributed by atoms with Crippen molar-refractivity contribution in [3.8, 4) is 0 Å². The van der Waals surface area contributed by atoms with Gasteiger partial charge in [-0.25, -0.2) is 19.6 Å². The average Bonchev–Trinajstić information content (AvgIpc) is 3.49. The van der Waals surface area contributed by atoms with Crippen molar-refractivity contribution in [1.29, 1.82) is 0 Å². The van der Waals surface area contributed by atoms with Gasteiger partial charge in [-0.15, -0.1) is 22.7 Å². The highest BCUT2D eigenvalue weighted by Gasteiger charge is 2.22. The summed E-state index contributed by atoms with van der Waals surface area (Å²) in [6, 6.07) is 13.0. The van der Waals surface area contributed by atoms with E-state index < -0.39 is 23.5 Å². The molecule has 15 heteroatoms. The van der Waals surface area contributed by atoms with E-state index in [9.17, 15) is 19.7 Å². The number of aromatic nitrogens is 2. The lowest BCUT2D eigenvalue weighted by Gasteiger charge is -2.05. The molecule has 0 aliphatic carbocycles. The number of nitrogens with two attached hydrogens (primary N) is 1. The van der Waals surface area contributed by atoms with Crippen molar-refractivity contribution in [1.82, 2.24) is 9.97 Å². The number of hydrogen-bond acceptors (Lipinski definition) is 14. The summed E-state index contributed by atoms with van der Waals surface area (Å²) in [4.78, 5) is 48.2. The second kappa shape index (κ2) is 11.6. The molecule has 12 nitrogen and oxygen atoms in total. The normalized spacial score (nSPS) is 11.3. The van der Waals surface area contributed by atoms with E-state index in [4.69, 9.17) is 19.5 Å². The number of ether oxygens (including phenoxy) is 1. The summed E-state index contributed by atoms with van der Waals surface area (Å²) in [7, 11) is 0. The number of benzene rings is 2. The highest BCUT2D eigenvalue weighted by molar-refractivity contribution is 7.97. The van der Waals surface area contributed by atoms with Gasteiger partial charge in [0.2, 0.25) is 12.3 Å². The first-order chi connectivity index (χ1) is 17.4. The number of nitrogens with zero attached hydrogens (tertiary/aromatic N) is 4. The minimum atomic E-state index is -0.871. The zero-order valence-corrected chi connectivity index (χ0v) is 20.5. The van der Waals surface area contributed by atoms with Crippen LogP contribution < -0.4 is 5.73 Å². The molecule has 0 unspecified atom stereocenters. The van der Waals surface area contributed by atoms with Crippen molar-refractivity contribution in [2.24, 2.45) is 5.16 Å². The lowest BCUT2D eigenvalue weighted by atomic mass is 10.2. The van der Waals surface area contributed by atoms with Crippen molar-refractivity contribution in [3.05, 3.63) is 75.3 Å². The summed E-state index contributed by atoms with van der Waals surface area (Å²) in [6.45, 7) is -0.728. The minimum absolute atomic E-state index is 0.0777. The van der Waals surface area contributed by atoms with Gasteiger partial charge in [0, 0.05) is 17.5 Å². The van der Waals surface area contributed by atoms with Crippen molar-refractivity contribution in [3.63, 3.8) is 0 Å². The number of carbonyl (C=O) groups is 2. The van der Waals surface area contributed by atoms with Crippen LogP contribution in [0.2, 0.25) is 0 Å². The van der Waals surface area contributed by atoms with E-state index >= 15 is 0 Å². The highest BCUT2D eigenvalue weighted by atomic mass is 32.2. The van der Waals surface area contributed by atoms with E-state index in [-0.39, 0.29) is 28.8 Å². The van der Waals surface area contributed by atoms with Crippen molar-refractivity contribution in [2.45, 2.75) is 10.9 Å². The molecule has 0 aliphatic heterocycles. The number of rotatable bonds is 10. The Labute approximate surface area is 215 Å². The largest absolute Gasteiger partial charge is 0.458 e. The third kappa shape index (κ3) is 6.53. The Hall–Kier alpha value is -4.08. The fraction of sp³-hybridized carbons (Fsp3) is 0.0952. The fourth-order valence-corrected chi connectivity index (χ4v) is 4.77. The molecular formula is C21H15N5O7S3. The Morgan fingerprint density at radius 2 is 1.92 bits per heavy atom. The van der Waals surface area contributed by atoms with Gasteiger partial charge in [0.1, 0.15) is 24.3 Å². The van der Waals surface area contributed by atoms with Crippen LogP contribution in [0.15, 0.2) is 63.4 Å². The van der Waals surface area contributed by atoms with Crippen LogP contribution in [0.1, 0.15) is 11.3 Å². The van der Waals surface area contributed by atoms with Crippen molar-refractivity contribution < 1.29 is 28.3 Å². The second-order valence-corrected chi connectivity index (χ2v) is 9.67. The Morgan fingerprint density at radius 3 is 2.61 bits per heavy atom. The topological polar surface area (TPSA) is 169 Å². The van der Waals surface area contributed by atoms with Gasteiger partial charge in [0.15, 0.2) is 9.47 Å². The Bertz CT molecular complexity index is 1400. The lowest BCUT2D eigenvalue weighted by Crippen LogP contribution is -2.19. The number of fused-ring (bicyclic) bond motifs is 1. The molecule has 0 saturated heterocycles. The maximum Gasteiger partial charge on any atom is 0.375 e. The average molecular weight is 546 g/mol. The number of nitro groups is 1. The van der Waals surface area contributed by atoms with E-state index in [1.165, 1.54) is 41.0 Å². The van der Waals surface area contributed by atoms with Crippen LogP contribution in [0.3, 0.4) is 0 Å². The molecule has 2 aromatic heterocycles. The van der Waals surface area contributed by atoms with E-state index in [0.717, 1.165) is 33.6 Å². The maximum absolute atomic E-state index is 12.7. The zero-order chi connectivity index (χ0) is 25.5. The summed E-state index contributed by atoms with van der Waals surface area (Å²) in [5, 5.41) is 16.1. The Balaban J connectivity index is 1.34. The molecule has 0 bridgehead atoms. The Kier molecular flexibility index (Phi) is 8.04. The van der Waals surface area contributed by atoms with Crippen LogP contribution in [0, 0.1) is 10.1 Å². The molecule has 0 radical (unpaired) electrons. The van der Waals surface area contributed by atoms with Crippen LogP contribution in [0.5, 0.6) is 0 Å². The van der Waals surface area contributed by atoms with E-state index in [2.05, 4.69) is 15.1 Å². The highest BCUT2D eigenvalue weighted by Crippen LogP contribution is 2.30. The molecule has 2 heterocycles. The van der Waals surface area contributed by atoms with E-state index in [1.54, 1.807) is 0 Å². The van der Waals surface area contributed by atoms with Crippen LogP contribution in [-0.4, -0.2) is 39.1 Å². The number of thiazole rings is 2. The fourth-order valence-electron chi connectivity index (χ4n) is 2.65. The molecule has 0 atom stereocenters. The first kappa shape index (κ1) is 25.0. The number of non-ortho nitro benzene ring substituents is 1. The summed E-state index contributed by atoms with van der Waals surface area (Å²) >= 11 is 3.21. The standard InChI is InChI=1S/C21H15N5O7S3/c22-20-23-15(11-34-20)18(19(28)33-36-21-24-14-3-1-2-4-16(14)35-21)25-32-10-17(27)31-9-12-5-7-13(8-6-12)26(29)30/h1-8,11H,9-10H2,(H2,22,23)/b25-18-. The number of oxime groups is 1. The van der Waals surface area contributed by atoms with Gasteiger partial charge in [-0.05, 0) is 29.8 Å². The number of carbonyl (C=O) groups excluding carboxylic acids is 2. The summed E-state index contributed by atoms with van der Waals surface area (Å²) in [5.74, 6) is -1.64. The summed E-state index contributed by atoms with van der Waals surface area (Å²) < 4.78 is 11.7. The molecule has 0 saturated carbocycles. The maximum atomic E-state index is 12.7. The van der Waals surface area contributed by atoms with Crippen LogP contribution in [-0.2, 0) is 30.0 Å². The zero-order valence-electron chi connectivity index (χ0n) is 18.1. The molecule has 36 heavy (non-hydrogen) atoms. The van der Waals surface area contributed by atoms with Crippen molar-refractivity contribution in [2.75, 3.05) is 12.3 Å². The predicted octanol–water partition coefficient (Wildman–Crippen LogP) is 3.96. The monoisotopic (exact) mass is 545 g/mol. The van der Waals surface area contributed by atoms with Gasteiger partial charge in [-0.1, -0.05) is 17.3 Å². The second-order valence-electron chi connectivity index (χ2n) is 6.77. The van der Waals surface area contributed by atoms with Gasteiger partial charge in [0.05, 0.1) is 15.1 Å². The van der Waals surface area contributed by atoms with Gasteiger partial charge < -0.3 is 19.5 Å². The van der Waals surface area contributed by atoms with Crippen LogP contribution >= 0.6 is 34.7 Å². The molecule has 4 aromatic rings. The molecule has 184 valence electrons. The molecule has 4 rings (SSSR count). The number of hydrogen-bond donors (Lipinski definition) is 1. The molecule has 0 amide bonds. The van der Waals surface area contributed by atoms with Gasteiger partial charge in [-0.3, -0.25) is 10.1 Å². The molecule has 0 spiro atoms. The number of nitro benzene ring substituents is 1. The van der Waals surface area contributed by atoms with Gasteiger partial charge >= 0.3 is 11.9 Å². The number of esters is 1. The first-order valence-corrected chi connectivity index (χ1v) is 12.4. The SMILES string of the molecule is Nc1nc(/C(=N/OCC(=O)OCc2ccc([N+](=O)[O-])cc2)C(=O)OSc2nc3ccccc3s2)cs1. The lowest BCUT2D eigenvalue weighted by molar-refractivity contribution is -0.384. The van der Waals surface area contributed by atoms with E-state index in [0.29, 0.717) is 9.90 Å². The molecular weight excluding hydrogens is 530 g/mol. The summed E-state index contributed by atoms with van der Waals surface area (Å²) in [5.41, 5.74) is 6.73. The third-order valence-electron chi connectivity index (χ3n) is 4.31. The molecule has 0 fully saturated rings. The molecule has 2 aromatic carbocycles. The quantitative estimate of drug-likeness (QED) is 0.101. The first-order valence-electron chi connectivity index (χ1n) is 9.94. The van der Waals surface area contributed by atoms with Crippen LogP contribution in [0.4, 0.5) is 10.8 Å². The number of anilines is 1.